The number of aromatic amines is 1. The van der Waals surface area contributed by atoms with Crippen molar-refractivity contribution in [3.05, 3.63) is 33.8 Å². The van der Waals surface area contributed by atoms with E-state index in [4.69, 9.17) is 17.0 Å². The first-order valence-corrected chi connectivity index (χ1v) is 5.74. The van der Waals surface area contributed by atoms with E-state index in [9.17, 15) is 0 Å². The van der Waals surface area contributed by atoms with Gasteiger partial charge in [-0.25, -0.2) is 4.99 Å². The van der Waals surface area contributed by atoms with Crippen molar-refractivity contribution in [1.82, 2.24) is 10.2 Å². The number of methoxy groups -OCH3 is 1. The van der Waals surface area contributed by atoms with Gasteiger partial charge >= 0.3 is 0 Å². The van der Waals surface area contributed by atoms with Gasteiger partial charge in [0.15, 0.2) is 3.95 Å². The van der Waals surface area contributed by atoms with Crippen LogP contribution in [-0.4, -0.2) is 23.5 Å². The van der Waals surface area contributed by atoms with Gasteiger partial charge in [0.2, 0.25) is 5.13 Å². The summed E-state index contributed by atoms with van der Waals surface area (Å²) in [6.07, 6.45) is 1.71. The van der Waals surface area contributed by atoms with Crippen LogP contribution >= 0.6 is 23.6 Å². The predicted molar refractivity (Wildman–Crippen MR) is 67.5 cm³/mol. The minimum absolute atomic E-state index is 0.607. The zero-order chi connectivity index (χ0) is 11.4. The average molecular weight is 251 g/mol. The minimum Gasteiger partial charge on any atom is -0.496 e. The summed E-state index contributed by atoms with van der Waals surface area (Å²) in [6, 6.07) is 7.65. The highest BCUT2D eigenvalue weighted by Crippen LogP contribution is 2.18. The number of nitrogens with zero attached hydrogens (tertiary/aromatic N) is 2. The highest BCUT2D eigenvalue weighted by Gasteiger charge is 1.98. The lowest BCUT2D eigenvalue weighted by Gasteiger charge is -2.01. The van der Waals surface area contributed by atoms with Crippen LogP contribution in [0.4, 0.5) is 5.13 Å². The van der Waals surface area contributed by atoms with Crippen LogP contribution in [0.5, 0.6) is 5.75 Å². The Morgan fingerprint density at radius 2 is 2.31 bits per heavy atom. The summed E-state index contributed by atoms with van der Waals surface area (Å²) in [7, 11) is 1.63. The summed E-state index contributed by atoms with van der Waals surface area (Å²) in [5.41, 5.74) is 0.908. The number of benzene rings is 1. The monoisotopic (exact) mass is 251 g/mol. The Morgan fingerprint density at radius 3 is 3.00 bits per heavy atom. The summed E-state index contributed by atoms with van der Waals surface area (Å²) >= 11 is 6.24. The first-order valence-electron chi connectivity index (χ1n) is 4.52. The molecule has 6 heteroatoms. The van der Waals surface area contributed by atoms with E-state index in [1.54, 1.807) is 13.3 Å². The van der Waals surface area contributed by atoms with Crippen molar-refractivity contribution in [2.45, 2.75) is 0 Å². The maximum absolute atomic E-state index is 5.20. The summed E-state index contributed by atoms with van der Waals surface area (Å²) in [6.45, 7) is 0. The van der Waals surface area contributed by atoms with Gasteiger partial charge in [0, 0.05) is 11.8 Å². The van der Waals surface area contributed by atoms with Gasteiger partial charge in [0.05, 0.1) is 7.11 Å². The van der Waals surface area contributed by atoms with Crippen LogP contribution in [0.3, 0.4) is 0 Å². The lowest BCUT2D eigenvalue weighted by Crippen LogP contribution is -1.89. The number of nitrogens with one attached hydrogen (secondary N) is 1. The molecule has 1 aromatic carbocycles. The van der Waals surface area contributed by atoms with Gasteiger partial charge in [0.25, 0.3) is 0 Å². The van der Waals surface area contributed by atoms with E-state index in [0.29, 0.717) is 9.09 Å². The second-order valence-corrected chi connectivity index (χ2v) is 4.54. The van der Waals surface area contributed by atoms with Gasteiger partial charge in [-0.05, 0) is 24.4 Å². The third-order valence-corrected chi connectivity index (χ3v) is 2.88. The molecule has 0 atom stereocenters. The van der Waals surface area contributed by atoms with E-state index in [0.717, 1.165) is 11.3 Å². The van der Waals surface area contributed by atoms with Crippen LogP contribution in [-0.2, 0) is 0 Å². The number of aliphatic imine (C=N–C) groups is 1. The smallest absolute Gasteiger partial charge is 0.230 e. The van der Waals surface area contributed by atoms with E-state index >= 15 is 0 Å². The molecule has 0 spiro atoms. The van der Waals surface area contributed by atoms with Crippen LogP contribution in [0.25, 0.3) is 0 Å². The zero-order valence-electron chi connectivity index (χ0n) is 8.51. The maximum atomic E-state index is 5.20. The number of H-pyrrole nitrogens is 1. The second kappa shape index (κ2) is 5.00. The van der Waals surface area contributed by atoms with E-state index in [1.807, 2.05) is 24.3 Å². The van der Waals surface area contributed by atoms with Crippen molar-refractivity contribution >= 4 is 34.9 Å². The number of para-hydroxylation sites is 1. The topological polar surface area (TPSA) is 50.3 Å². The minimum atomic E-state index is 0.607. The fraction of sp³-hybridized carbons (Fsp3) is 0.100. The standard InChI is InChI=1S/C10H9N3OS2/c1-14-8-5-3-2-4-7(8)6-11-9-12-13-10(15)16-9/h2-6H,1H3,(H,13,15)/b11-6-. The van der Waals surface area contributed by atoms with E-state index < -0.39 is 0 Å². The molecule has 0 aliphatic rings. The molecule has 0 saturated carbocycles. The van der Waals surface area contributed by atoms with Gasteiger partial charge in [-0.2, -0.15) is 0 Å². The molecule has 0 fully saturated rings. The van der Waals surface area contributed by atoms with Crippen LogP contribution in [0.1, 0.15) is 5.56 Å². The fourth-order valence-electron chi connectivity index (χ4n) is 1.18. The maximum Gasteiger partial charge on any atom is 0.230 e. The number of aromatic nitrogens is 2. The van der Waals surface area contributed by atoms with E-state index in [2.05, 4.69) is 15.2 Å². The number of rotatable bonds is 3. The van der Waals surface area contributed by atoms with Crippen molar-refractivity contribution in [3.8, 4) is 5.75 Å². The molecule has 0 saturated heterocycles. The summed E-state index contributed by atoms with van der Waals surface area (Å²) in [5.74, 6) is 0.783. The van der Waals surface area contributed by atoms with Crippen molar-refractivity contribution in [3.63, 3.8) is 0 Å². The molecule has 4 nitrogen and oxygen atoms in total. The number of ether oxygens (including phenoxy) is 1. The molecule has 0 aliphatic carbocycles. The number of hydrogen-bond acceptors (Lipinski definition) is 5. The zero-order valence-corrected chi connectivity index (χ0v) is 10.1. The Bertz CT molecular complexity index is 559. The Hall–Kier alpha value is -1.53. The summed E-state index contributed by atoms with van der Waals surface area (Å²) < 4.78 is 5.82. The molecule has 82 valence electrons. The molecule has 1 aromatic heterocycles. The molecular weight excluding hydrogens is 242 g/mol. The van der Waals surface area contributed by atoms with Gasteiger partial charge in [-0.3, -0.25) is 5.10 Å². The van der Waals surface area contributed by atoms with Gasteiger partial charge in [-0.1, -0.05) is 23.5 Å². The normalized spacial score (nSPS) is 10.8. The third kappa shape index (κ3) is 2.53. The highest BCUT2D eigenvalue weighted by molar-refractivity contribution is 7.73. The molecule has 16 heavy (non-hydrogen) atoms. The van der Waals surface area contributed by atoms with Crippen LogP contribution < -0.4 is 4.74 Å². The lowest BCUT2D eigenvalue weighted by molar-refractivity contribution is 0.414. The lowest BCUT2D eigenvalue weighted by atomic mass is 10.2. The van der Waals surface area contributed by atoms with Gasteiger partial charge < -0.3 is 4.74 Å². The Labute approximate surface area is 102 Å². The van der Waals surface area contributed by atoms with Crippen molar-refractivity contribution < 1.29 is 4.74 Å². The molecule has 2 rings (SSSR count). The van der Waals surface area contributed by atoms with Gasteiger partial charge in [0.1, 0.15) is 5.75 Å². The second-order valence-electron chi connectivity index (χ2n) is 2.90. The van der Waals surface area contributed by atoms with Crippen LogP contribution in [0.15, 0.2) is 29.3 Å². The largest absolute Gasteiger partial charge is 0.496 e. The molecule has 0 bridgehead atoms. The molecule has 0 aliphatic heterocycles. The highest BCUT2D eigenvalue weighted by atomic mass is 32.1. The molecule has 0 unspecified atom stereocenters. The molecular formula is C10H9N3OS2. The average Bonchev–Trinajstić information content (AvgIpc) is 2.73. The van der Waals surface area contributed by atoms with E-state index in [1.165, 1.54) is 11.3 Å². The fourth-order valence-corrected chi connectivity index (χ4v) is 1.90. The third-order valence-electron chi connectivity index (χ3n) is 1.88. The van der Waals surface area contributed by atoms with Crippen LogP contribution in [0.2, 0.25) is 0 Å². The molecule has 1 N–H and O–H groups in total. The van der Waals surface area contributed by atoms with Crippen molar-refractivity contribution in [2.75, 3.05) is 7.11 Å². The first kappa shape index (κ1) is 11.0. The molecule has 0 amide bonds. The quantitative estimate of drug-likeness (QED) is 0.674. The Morgan fingerprint density at radius 1 is 1.50 bits per heavy atom. The van der Waals surface area contributed by atoms with E-state index in [-0.39, 0.29) is 0 Å². The van der Waals surface area contributed by atoms with Crippen molar-refractivity contribution in [2.24, 2.45) is 4.99 Å². The van der Waals surface area contributed by atoms with Crippen molar-refractivity contribution in [1.29, 1.82) is 0 Å². The molecule has 1 heterocycles. The van der Waals surface area contributed by atoms with Crippen LogP contribution in [0, 0.1) is 3.95 Å². The molecule has 2 aromatic rings. The SMILES string of the molecule is COc1ccccc1/C=N\c1n[nH]c(=S)s1. The Kier molecular flexibility index (Phi) is 3.43. The predicted octanol–water partition coefficient (Wildman–Crippen LogP) is 2.96. The first-order chi connectivity index (χ1) is 7.79. The molecule has 0 radical (unpaired) electrons. The summed E-state index contributed by atoms with van der Waals surface area (Å²) in [5, 5.41) is 7.22. The number of hydrogen-bond donors (Lipinski definition) is 1. The van der Waals surface area contributed by atoms with Gasteiger partial charge in [-0.15, -0.1) is 5.10 Å². The Balaban J connectivity index is 2.26. The summed E-state index contributed by atoms with van der Waals surface area (Å²) in [4.78, 5) is 4.21.